The normalized spacial score (nSPS) is 20.5. The van der Waals surface area contributed by atoms with E-state index in [-0.39, 0.29) is 18.7 Å². The monoisotopic (exact) mass is 365 g/mol. The van der Waals surface area contributed by atoms with Gasteiger partial charge in [-0.15, -0.1) is 0 Å². The van der Waals surface area contributed by atoms with E-state index in [4.69, 9.17) is 0 Å². The highest BCUT2D eigenvalue weighted by Crippen LogP contribution is 2.30. The fourth-order valence-electron chi connectivity index (χ4n) is 3.51. The van der Waals surface area contributed by atoms with E-state index >= 15 is 0 Å². The summed E-state index contributed by atoms with van der Waals surface area (Å²) in [4.78, 5) is 26.4. The average molecular weight is 365 g/mol. The lowest BCUT2D eigenvalue weighted by molar-refractivity contribution is -0.119. The lowest BCUT2D eigenvalue weighted by Gasteiger charge is -2.34. The fraction of sp³-hybridized carbons (Fsp3) is 0.529. The highest BCUT2D eigenvalue weighted by Gasteiger charge is 2.48. The molecule has 7 nitrogen and oxygen atoms in total. The van der Waals surface area contributed by atoms with E-state index in [1.807, 2.05) is 6.07 Å². The van der Waals surface area contributed by atoms with E-state index in [0.717, 1.165) is 18.4 Å². The summed E-state index contributed by atoms with van der Waals surface area (Å²) in [6.07, 6.45) is 2.97. The number of nitrogens with one attached hydrogen (secondary N) is 2. The summed E-state index contributed by atoms with van der Waals surface area (Å²) in [6, 6.07) is 7.00. The van der Waals surface area contributed by atoms with Gasteiger partial charge >= 0.3 is 0 Å². The number of carbonyl (C=O) groups excluding carboxylic acids is 2. The minimum atomic E-state index is -3.56. The van der Waals surface area contributed by atoms with Crippen molar-refractivity contribution in [3.63, 3.8) is 0 Å². The van der Waals surface area contributed by atoms with Gasteiger partial charge in [-0.05, 0) is 50.6 Å². The minimum Gasteiger partial charge on any atom is -0.325 e. The van der Waals surface area contributed by atoms with Gasteiger partial charge in [0.25, 0.3) is 0 Å². The largest absolute Gasteiger partial charge is 0.325 e. The van der Waals surface area contributed by atoms with Crippen LogP contribution in [0.4, 0.5) is 11.4 Å². The molecule has 0 unspecified atom stereocenters. The average Bonchev–Trinajstić information content (AvgIpc) is 3.01. The summed E-state index contributed by atoms with van der Waals surface area (Å²) in [5.41, 5.74) is 1.22. The Labute approximate surface area is 147 Å². The number of amides is 2. The van der Waals surface area contributed by atoms with Crippen molar-refractivity contribution in [3.05, 3.63) is 24.3 Å². The molecule has 0 aromatic heterocycles. The van der Waals surface area contributed by atoms with Crippen LogP contribution in [0.25, 0.3) is 0 Å². The molecule has 1 aromatic rings. The van der Waals surface area contributed by atoms with Crippen LogP contribution in [0.5, 0.6) is 0 Å². The number of benzene rings is 1. The van der Waals surface area contributed by atoms with Gasteiger partial charge in [0.05, 0.1) is 0 Å². The summed E-state index contributed by atoms with van der Waals surface area (Å²) >= 11 is 0. The molecule has 2 amide bonds. The predicted octanol–water partition coefficient (Wildman–Crippen LogP) is 0.919. The second-order valence-electron chi connectivity index (χ2n) is 6.67. The fourth-order valence-corrected chi connectivity index (χ4v) is 4.85. The molecule has 2 saturated heterocycles. The van der Waals surface area contributed by atoms with Gasteiger partial charge in [-0.1, -0.05) is 6.07 Å². The molecule has 0 atom stereocenters. The van der Waals surface area contributed by atoms with Crippen LogP contribution in [0.1, 0.15) is 25.7 Å². The molecule has 2 fully saturated rings. The molecule has 2 heterocycles. The van der Waals surface area contributed by atoms with Gasteiger partial charge < -0.3 is 15.5 Å². The minimum absolute atomic E-state index is 0.0643. The van der Waals surface area contributed by atoms with Gasteiger partial charge in [-0.3, -0.25) is 9.59 Å². The number of piperidine rings is 1. The molecule has 0 saturated carbocycles. The molecule has 0 radical (unpaired) electrons. The first-order valence-electron chi connectivity index (χ1n) is 8.46. The van der Waals surface area contributed by atoms with E-state index in [0.29, 0.717) is 31.7 Å². The molecule has 0 spiro atoms. The molecule has 0 bridgehead atoms. The van der Waals surface area contributed by atoms with Crippen LogP contribution in [0.15, 0.2) is 24.3 Å². The lowest BCUT2D eigenvalue weighted by Crippen LogP contribution is -2.55. The Kier molecular flexibility index (Phi) is 4.83. The quantitative estimate of drug-likeness (QED) is 0.827. The highest BCUT2D eigenvalue weighted by molar-refractivity contribution is 7.92. The van der Waals surface area contributed by atoms with Crippen LogP contribution >= 0.6 is 0 Å². The smallest absolute Gasteiger partial charge is 0.245 e. The maximum Gasteiger partial charge on any atom is 0.245 e. The molecule has 2 N–H and O–H groups in total. The van der Waals surface area contributed by atoms with Crippen LogP contribution < -0.4 is 15.5 Å². The van der Waals surface area contributed by atoms with E-state index in [1.54, 1.807) is 23.1 Å². The standard InChI is InChI=1S/C17H23N3O4S/c1-25(23,24)17(7-9-18-10-8-17)16(22)19-13-4-2-5-14(12-13)20-11-3-6-15(20)21/h2,4-5,12,18H,3,6-11H2,1H3,(H,19,22). The van der Waals surface area contributed by atoms with Crippen LogP contribution in [0.2, 0.25) is 0 Å². The lowest BCUT2D eigenvalue weighted by atomic mass is 9.95. The van der Waals surface area contributed by atoms with Crippen molar-refractivity contribution in [1.82, 2.24) is 5.32 Å². The van der Waals surface area contributed by atoms with E-state index in [1.165, 1.54) is 0 Å². The first-order chi connectivity index (χ1) is 11.8. The number of rotatable bonds is 4. The zero-order valence-electron chi connectivity index (χ0n) is 14.2. The molecule has 136 valence electrons. The van der Waals surface area contributed by atoms with Crippen molar-refractivity contribution in [2.24, 2.45) is 0 Å². The van der Waals surface area contributed by atoms with E-state index in [9.17, 15) is 18.0 Å². The zero-order chi connectivity index (χ0) is 18.1. The number of anilines is 2. The third-order valence-electron chi connectivity index (χ3n) is 5.02. The molecule has 0 aliphatic carbocycles. The molecule has 8 heteroatoms. The second-order valence-corrected chi connectivity index (χ2v) is 9.00. The van der Waals surface area contributed by atoms with Crippen LogP contribution in [0.3, 0.4) is 0 Å². The number of hydrogen-bond acceptors (Lipinski definition) is 5. The first-order valence-corrected chi connectivity index (χ1v) is 10.3. The molecular formula is C17H23N3O4S. The van der Waals surface area contributed by atoms with Gasteiger partial charge in [-0.25, -0.2) is 8.42 Å². The van der Waals surface area contributed by atoms with Crippen molar-refractivity contribution < 1.29 is 18.0 Å². The van der Waals surface area contributed by atoms with E-state index in [2.05, 4.69) is 10.6 Å². The van der Waals surface area contributed by atoms with Crippen molar-refractivity contribution in [3.8, 4) is 0 Å². The summed E-state index contributed by atoms with van der Waals surface area (Å²) in [7, 11) is -3.56. The molecule has 1 aromatic carbocycles. The molecule has 2 aliphatic rings. The topological polar surface area (TPSA) is 95.6 Å². The summed E-state index contributed by atoms with van der Waals surface area (Å²) in [6.45, 7) is 1.64. The van der Waals surface area contributed by atoms with Crippen LogP contribution in [-0.2, 0) is 19.4 Å². The van der Waals surface area contributed by atoms with Gasteiger partial charge in [-0.2, -0.15) is 0 Å². The second kappa shape index (κ2) is 6.76. The Morgan fingerprint density at radius 2 is 2.00 bits per heavy atom. The number of hydrogen-bond donors (Lipinski definition) is 2. The van der Waals surface area contributed by atoms with Gasteiger partial charge in [0.15, 0.2) is 14.6 Å². The van der Waals surface area contributed by atoms with E-state index < -0.39 is 20.5 Å². The maximum absolute atomic E-state index is 12.8. The maximum atomic E-state index is 12.8. The highest BCUT2D eigenvalue weighted by atomic mass is 32.2. The van der Waals surface area contributed by atoms with Crippen molar-refractivity contribution in [1.29, 1.82) is 0 Å². The van der Waals surface area contributed by atoms with Gasteiger partial charge in [0, 0.05) is 30.6 Å². The van der Waals surface area contributed by atoms with Gasteiger partial charge in [0.2, 0.25) is 11.8 Å². The van der Waals surface area contributed by atoms with Crippen LogP contribution in [-0.4, -0.2) is 50.9 Å². The third-order valence-corrected chi connectivity index (χ3v) is 7.04. The third kappa shape index (κ3) is 3.41. The first kappa shape index (κ1) is 17.9. The summed E-state index contributed by atoms with van der Waals surface area (Å²) in [5, 5.41) is 5.85. The number of nitrogens with zero attached hydrogens (tertiary/aromatic N) is 1. The van der Waals surface area contributed by atoms with Gasteiger partial charge in [0.1, 0.15) is 0 Å². The number of sulfone groups is 1. The number of carbonyl (C=O) groups is 2. The van der Waals surface area contributed by atoms with Crippen molar-refractivity contribution >= 4 is 33.0 Å². The Morgan fingerprint density at radius 1 is 1.28 bits per heavy atom. The molecule has 2 aliphatic heterocycles. The Bertz CT molecular complexity index is 785. The van der Waals surface area contributed by atoms with Crippen molar-refractivity contribution in [2.75, 3.05) is 36.1 Å². The molecular weight excluding hydrogens is 342 g/mol. The SMILES string of the molecule is CS(=O)(=O)C1(C(=O)Nc2cccc(N3CCCC3=O)c2)CCNCC1. The molecule has 25 heavy (non-hydrogen) atoms. The zero-order valence-corrected chi connectivity index (χ0v) is 15.1. The Morgan fingerprint density at radius 3 is 2.60 bits per heavy atom. The summed E-state index contributed by atoms with van der Waals surface area (Å²) in [5.74, 6) is -0.434. The Balaban J connectivity index is 1.83. The summed E-state index contributed by atoms with van der Waals surface area (Å²) < 4.78 is 23.2. The van der Waals surface area contributed by atoms with Crippen LogP contribution in [0, 0.1) is 0 Å². The molecule has 3 rings (SSSR count). The van der Waals surface area contributed by atoms with Crippen molar-refractivity contribution in [2.45, 2.75) is 30.4 Å². The predicted molar refractivity (Wildman–Crippen MR) is 96.3 cm³/mol. The Hall–Kier alpha value is -1.93.